The molecule has 0 amide bonds. The highest BCUT2D eigenvalue weighted by molar-refractivity contribution is 9.10. The van der Waals surface area contributed by atoms with Crippen molar-refractivity contribution >= 4 is 45.5 Å². The van der Waals surface area contributed by atoms with Gasteiger partial charge in [0.05, 0.1) is 6.61 Å². The average molecular weight is 529 g/mol. The third-order valence-electron chi connectivity index (χ3n) is 6.10. The summed E-state index contributed by atoms with van der Waals surface area (Å²) >= 11 is 3.44. The zero-order valence-electron chi connectivity index (χ0n) is 19.0. The smallest absolute Gasteiger partial charge is 0.273 e. The molecule has 0 aliphatic rings. The summed E-state index contributed by atoms with van der Waals surface area (Å²) in [4.78, 5) is 3.10. The summed E-state index contributed by atoms with van der Waals surface area (Å²) in [7, 11) is -3.02. The molecule has 2 nitrogen and oxygen atoms in total. The van der Waals surface area contributed by atoms with Crippen LogP contribution in [0.2, 0.25) is 5.04 Å². The zero-order chi connectivity index (χ0) is 23.7. The SMILES string of the molecule is CC(C)(C)[Si](OCC(F)(F)Cc1c[nH]c2ccc(Br)cc12)(c1ccccc1)c1ccccc1. The number of rotatable bonds is 7. The van der Waals surface area contributed by atoms with Crippen LogP contribution in [0.15, 0.2) is 89.5 Å². The van der Waals surface area contributed by atoms with E-state index in [0.717, 1.165) is 25.7 Å². The molecule has 0 spiro atoms. The van der Waals surface area contributed by atoms with Crippen LogP contribution in [0.25, 0.3) is 10.9 Å². The van der Waals surface area contributed by atoms with Crippen molar-refractivity contribution in [1.82, 2.24) is 4.98 Å². The minimum Gasteiger partial charge on any atom is -0.401 e. The van der Waals surface area contributed by atoms with Gasteiger partial charge in [0.1, 0.15) is 0 Å². The van der Waals surface area contributed by atoms with E-state index in [9.17, 15) is 0 Å². The molecule has 172 valence electrons. The number of hydrogen-bond acceptors (Lipinski definition) is 1. The first kappa shape index (κ1) is 23.9. The quantitative estimate of drug-likeness (QED) is 0.266. The molecule has 0 saturated heterocycles. The minimum absolute atomic E-state index is 0.350. The maximum Gasteiger partial charge on any atom is 0.273 e. The molecule has 0 unspecified atom stereocenters. The standard InChI is InChI=1S/C27H28BrF2NOSi/c1-26(2,3)33(22-10-6-4-7-11-22,23-12-8-5-9-13-23)32-19-27(29,30)17-20-18-31-25-15-14-21(28)16-24(20)25/h4-16,18,31H,17,19H2,1-3H3. The average Bonchev–Trinajstić information content (AvgIpc) is 3.16. The second kappa shape index (κ2) is 9.16. The molecule has 1 aromatic heterocycles. The maximum absolute atomic E-state index is 15.4. The molecule has 4 aromatic rings. The molecule has 0 bridgehead atoms. The Balaban J connectivity index is 1.70. The lowest BCUT2D eigenvalue weighted by atomic mass is 10.1. The molecule has 33 heavy (non-hydrogen) atoms. The molecule has 4 rings (SSSR count). The first-order valence-corrected chi connectivity index (χ1v) is 13.7. The van der Waals surface area contributed by atoms with Gasteiger partial charge in [0.15, 0.2) is 0 Å². The van der Waals surface area contributed by atoms with E-state index in [-0.39, 0.29) is 11.5 Å². The molecule has 0 radical (unpaired) electrons. The van der Waals surface area contributed by atoms with Gasteiger partial charge in [0.2, 0.25) is 0 Å². The highest BCUT2D eigenvalue weighted by Crippen LogP contribution is 2.38. The van der Waals surface area contributed by atoms with Crippen LogP contribution in [0.5, 0.6) is 0 Å². The molecular weight excluding hydrogens is 500 g/mol. The predicted molar refractivity (Wildman–Crippen MR) is 138 cm³/mol. The summed E-state index contributed by atoms with van der Waals surface area (Å²) in [5.74, 6) is -3.02. The number of aromatic amines is 1. The summed E-state index contributed by atoms with van der Waals surface area (Å²) < 4.78 is 38.2. The Morgan fingerprint density at radius 2 is 1.45 bits per heavy atom. The van der Waals surface area contributed by atoms with Crippen molar-refractivity contribution in [3.05, 3.63) is 95.1 Å². The van der Waals surface area contributed by atoms with Crippen LogP contribution in [-0.4, -0.2) is 25.8 Å². The van der Waals surface area contributed by atoms with Crippen LogP contribution in [-0.2, 0) is 10.8 Å². The topological polar surface area (TPSA) is 25.0 Å². The van der Waals surface area contributed by atoms with Crippen LogP contribution < -0.4 is 10.4 Å². The minimum atomic E-state index is -3.02. The number of hydrogen-bond donors (Lipinski definition) is 1. The first-order valence-electron chi connectivity index (χ1n) is 11.0. The number of benzene rings is 3. The molecule has 0 atom stereocenters. The maximum atomic E-state index is 15.4. The molecule has 0 saturated carbocycles. The van der Waals surface area contributed by atoms with Gasteiger partial charge in [-0.3, -0.25) is 0 Å². The Kier molecular flexibility index (Phi) is 6.63. The lowest BCUT2D eigenvalue weighted by Crippen LogP contribution is -2.67. The van der Waals surface area contributed by atoms with Crippen LogP contribution >= 0.6 is 15.9 Å². The normalized spacial score (nSPS) is 12.9. The summed E-state index contributed by atoms with van der Waals surface area (Å²) in [6, 6.07) is 25.4. The lowest BCUT2D eigenvalue weighted by Gasteiger charge is -2.43. The molecule has 6 heteroatoms. The highest BCUT2D eigenvalue weighted by atomic mass is 79.9. The van der Waals surface area contributed by atoms with E-state index in [1.165, 1.54) is 0 Å². The molecule has 1 heterocycles. The predicted octanol–water partition coefficient (Wildman–Crippen LogP) is 6.68. The van der Waals surface area contributed by atoms with Gasteiger partial charge in [-0.1, -0.05) is 97.4 Å². The summed E-state index contributed by atoms with van der Waals surface area (Å²) in [5.41, 5.74) is 1.43. The number of aromatic nitrogens is 1. The molecule has 0 fully saturated rings. The summed E-state index contributed by atoms with van der Waals surface area (Å²) in [6.45, 7) is 5.64. The van der Waals surface area contributed by atoms with Gasteiger partial charge >= 0.3 is 0 Å². The number of alkyl halides is 2. The van der Waals surface area contributed by atoms with Crippen molar-refractivity contribution < 1.29 is 13.2 Å². The van der Waals surface area contributed by atoms with Crippen molar-refractivity contribution in [1.29, 1.82) is 0 Å². The molecule has 0 aliphatic carbocycles. The van der Waals surface area contributed by atoms with Crippen LogP contribution in [0, 0.1) is 0 Å². The summed E-state index contributed by atoms with van der Waals surface area (Å²) in [6.07, 6.45) is 1.29. The fourth-order valence-electron chi connectivity index (χ4n) is 4.60. The van der Waals surface area contributed by atoms with E-state index in [0.29, 0.717) is 5.56 Å². The van der Waals surface area contributed by atoms with Gasteiger partial charge in [-0.05, 0) is 39.2 Å². The fourth-order valence-corrected chi connectivity index (χ4v) is 9.55. The van der Waals surface area contributed by atoms with Gasteiger partial charge in [-0.15, -0.1) is 0 Å². The van der Waals surface area contributed by atoms with Crippen molar-refractivity contribution in [2.75, 3.05) is 6.61 Å². The summed E-state index contributed by atoms with van der Waals surface area (Å²) in [5, 5.41) is 2.44. The zero-order valence-corrected chi connectivity index (χ0v) is 21.6. The van der Waals surface area contributed by atoms with E-state index in [1.54, 1.807) is 6.20 Å². The van der Waals surface area contributed by atoms with Crippen molar-refractivity contribution in [3.8, 4) is 0 Å². The Morgan fingerprint density at radius 1 is 0.879 bits per heavy atom. The third-order valence-corrected chi connectivity index (χ3v) is 11.6. The molecular formula is C27H28BrF2NOSi. The van der Waals surface area contributed by atoms with E-state index >= 15 is 8.78 Å². The second-order valence-electron chi connectivity index (χ2n) is 9.49. The van der Waals surface area contributed by atoms with Crippen molar-refractivity contribution in [2.45, 2.75) is 38.2 Å². The Labute approximate surface area is 203 Å². The second-order valence-corrected chi connectivity index (χ2v) is 14.7. The number of halogens is 3. The Bertz CT molecular complexity index is 1180. The monoisotopic (exact) mass is 527 g/mol. The van der Waals surface area contributed by atoms with Gasteiger partial charge in [-0.2, -0.15) is 0 Å². The third kappa shape index (κ3) is 4.83. The number of H-pyrrole nitrogens is 1. The Morgan fingerprint density at radius 3 is 2.00 bits per heavy atom. The van der Waals surface area contributed by atoms with Crippen LogP contribution in [0.3, 0.4) is 0 Å². The van der Waals surface area contributed by atoms with Crippen LogP contribution in [0.4, 0.5) is 8.78 Å². The van der Waals surface area contributed by atoms with E-state index in [1.807, 2.05) is 78.9 Å². The largest absolute Gasteiger partial charge is 0.401 e. The first-order chi connectivity index (χ1) is 15.6. The van der Waals surface area contributed by atoms with Gasteiger partial charge in [-0.25, -0.2) is 8.78 Å². The van der Waals surface area contributed by atoms with E-state index in [4.69, 9.17) is 4.43 Å². The molecule has 0 aliphatic heterocycles. The van der Waals surface area contributed by atoms with E-state index in [2.05, 4.69) is 41.7 Å². The number of nitrogens with one attached hydrogen (secondary N) is 1. The molecule has 1 N–H and O–H groups in total. The number of fused-ring (bicyclic) bond motifs is 1. The van der Waals surface area contributed by atoms with Crippen LogP contribution in [0.1, 0.15) is 26.3 Å². The fraction of sp³-hybridized carbons (Fsp3) is 0.259. The molecule has 3 aromatic carbocycles. The highest BCUT2D eigenvalue weighted by Gasteiger charge is 2.51. The Hall–Kier alpha value is -2.28. The van der Waals surface area contributed by atoms with Crippen molar-refractivity contribution in [2.24, 2.45) is 0 Å². The van der Waals surface area contributed by atoms with Crippen molar-refractivity contribution in [3.63, 3.8) is 0 Å². The van der Waals surface area contributed by atoms with Gasteiger partial charge in [0, 0.05) is 28.0 Å². The van der Waals surface area contributed by atoms with Gasteiger partial charge in [0.25, 0.3) is 14.2 Å². The lowest BCUT2D eigenvalue weighted by molar-refractivity contribution is -0.0428. The van der Waals surface area contributed by atoms with E-state index < -0.39 is 20.8 Å². The van der Waals surface area contributed by atoms with Gasteiger partial charge < -0.3 is 9.41 Å².